The monoisotopic (exact) mass is 455 g/mol. The highest BCUT2D eigenvalue weighted by atomic mass is 32.2. The van der Waals surface area contributed by atoms with Crippen LogP contribution in [0.3, 0.4) is 0 Å². The summed E-state index contributed by atoms with van der Waals surface area (Å²) in [4.78, 5) is 17.3. The molecule has 6 nitrogen and oxygen atoms in total. The molecule has 1 aliphatic heterocycles. The van der Waals surface area contributed by atoms with Gasteiger partial charge in [0.25, 0.3) is 0 Å². The molecule has 0 spiro atoms. The van der Waals surface area contributed by atoms with Crippen LogP contribution in [0.5, 0.6) is 0 Å². The highest BCUT2D eigenvalue weighted by molar-refractivity contribution is 7.99. The van der Waals surface area contributed by atoms with Gasteiger partial charge in [-0.2, -0.15) is 0 Å². The molecule has 0 atom stereocenters. The Bertz CT molecular complexity index is 1250. The number of sulfonamides is 1. The van der Waals surface area contributed by atoms with Gasteiger partial charge in [0.1, 0.15) is 0 Å². The Hall–Kier alpha value is -2.58. The van der Waals surface area contributed by atoms with Crippen LogP contribution >= 0.6 is 11.8 Å². The Morgan fingerprint density at radius 3 is 2.65 bits per heavy atom. The number of aryl methyl sites for hydroxylation is 2. The molecule has 3 aromatic rings. The number of fused-ring (bicyclic) bond motifs is 1. The van der Waals surface area contributed by atoms with Crippen LogP contribution in [0.4, 0.5) is 5.69 Å². The fourth-order valence-corrected chi connectivity index (χ4v) is 5.88. The molecule has 1 aliphatic rings. The lowest BCUT2D eigenvalue weighted by atomic mass is 10.1. The number of hydrogen-bond acceptors (Lipinski definition) is 5. The SMILES string of the molecule is CCS(=O)(=O)N1CCc2cc(C(=O)CSc3nccn3-c3ccc(C)cc3C)ccc21. The number of carbonyl (C=O) groups is 1. The molecule has 0 amide bonds. The van der Waals surface area contributed by atoms with Crippen LogP contribution in [-0.4, -0.2) is 41.8 Å². The van der Waals surface area contributed by atoms with Crippen molar-refractivity contribution in [2.45, 2.75) is 32.3 Å². The number of thioether (sulfide) groups is 1. The van der Waals surface area contributed by atoms with E-state index in [1.54, 1.807) is 25.3 Å². The summed E-state index contributed by atoms with van der Waals surface area (Å²) in [7, 11) is -3.29. The van der Waals surface area contributed by atoms with Gasteiger partial charge in [0.15, 0.2) is 10.9 Å². The molecule has 0 fully saturated rings. The number of nitrogens with zero attached hydrogens (tertiary/aromatic N) is 3. The fraction of sp³-hybridized carbons (Fsp3) is 0.304. The summed E-state index contributed by atoms with van der Waals surface area (Å²) in [5.41, 5.74) is 5.60. The van der Waals surface area contributed by atoms with E-state index < -0.39 is 10.0 Å². The van der Waals surface area contributed by atoms with Crippen LogP contribution in [0.15, 0.2) is 53.9 Å². The predicted octanol–water partition coefficient (Wildman–Crippen LogP) is 4.18. The number of ketones is 1. The van der Waals surface area contributed by atoms with Crippen molar-refractivity contribution in [2.24, 2.45) is 0 Å². The Morgan fingerprint density at radius 2 is 1.90 bits per heavy atom. The normalized spacial score (nSPS) is 13.5. The highest BCUT2D eigenvalue weighted by Crippen LogP contribution is 2.32. The lowest BCUT2D eigenvalue weighted by Gasteiger charge is -2.18. The standard InChI is InChI=1S/C23H25N3O3S2/c1-4-31(28,29)26-11-9-18-14-19(6-8-21(18)26)22(27)15-30-23-24-10-12-25(23)20-7-5-16(2)13-17(20)3/h5-8,10,12-14H,4,9,11,15H2,1-3H3. The van der Waals surface area contributed by atoms with E-state index in [1.165, 1.54) is 21.6 Å². The van der Waals surface area contributed by atoms with Crippen molar-refractivity contribution in [3.63, 3.8) is 0 Å². The molecule has 1 aromatic heterocycles. The van der Waals surface area contributed by atoms with Crippen molar-refractivity contribution in [3.8, 4) is 5.69 Å². The third-order valence-electron chi connectivity index (χ3n) is 5.51. The van der Waals surface area contributed by atoms with E-state index >= 15 is 0 Å². The highest BCUT2D eigenvalue weighted by Gasteiger charge is 2.28. The van der Waals surface area contributed by atoms with Crippen LogP contribution in [0.2, 0.25) is 0 Å². The second kappa shape index (κ2) is 8.51. The maximum atomic E-state index is 12.8. The first-order valence-electron chi connectivity index (χ1n) is 10.2. The molecule has 8 heteroatoms. The molecule has 0 saturated carbocycles. The smallest absolute Gasteiger partial charge is 0.234 e. The van der Waals surface area contributed by atoms with Gasteiger partial charge in [-0.3, -0.25) is 13.7 Å². The summed E-state index contributed by atoms with van der Waals surface area (Å²) in [5, 5.41) is 0.765. The number of aromatic nitrogens is 2. The Kier molecular flexibility index (Phi) is 5.94. The van der Waals surface area contributed by atoms with E-state index in [4.69, 9.17) is 0 Å². The largest absolute Gasteiger partial charge is 0.295 e. The minimum Gasteiger partial charge on any atom is -0.295 e. The van der Waals surface area contributed by atoms with E-state index in [-0.39, 0.29) is 17.3 Å². The summed E-state index contributed by atoms with van der Waals surface area (Å²) in [6.45, 7) is 6.21. The van der Waals surface area contributed by atoms with Crippen molar-refractivity contribution in [2.75, 3.05) is 22.4 Å². The van der Waals surface area contributed by atoms with E-state index in [0.29, 0.717) is 24.2 Å². The molecule has 4 rings (SSSR count). The summed E-state index contributed by atoms with van der Waals surface area (Å²) in [6, 6.07) is 11.6. The summed E-state index contributed by atoms with van der Waals surface area (Å²) in [6.07, 6.45) is 4.27. The first kappa shape index (κ1) is 21.6. The average Bonchev–Trinajstić information content (AvgIpc) is 3.38. The maximum absolute atomic E-state index is 12.8. The molecular weight excluding hydrogens is 430 g/mol. The third-order valence-corrected chi connectivity index (χ3v) is 8.25. The van der Waals surface area contributed by atoms with E-state index in [2.05, 4.69) is 37.0 Å². The lowest BCUT2D eigenvalue weighted by Crippen LogP contribution is -2.30. The van der Waals surface area contributed by atoms with E-state index in [0.717, 1.165) is 22.0 Å². The number of anilines is 1. The topological polar surface area (TPSA) is 72.3 Å². The maximum Gasteiger partial charge on any atom is 0.234 e. The molecular formula is C23H25N3O3S2. The van der Waals surface area contributed by atoms with Gasteiger partial charge in [0.2, 0.25) is 10.0 Å². The molecule has 2 aromatic carbocycles. The number of benzene rings is 2. The number of hydrogen-bond donors (Lipinski definition) is 0. The molecule has 31 heavy (non-hydrogen) atoms. The van der Waals surface area contributed by atoms with Crippen LogP contribution in [0.1, 0.15) is 34.0 Å². The quantitative estimate of drug-likeness (QED) is 0.395. The van der Waals surface area contributed by atoms with Gasteiger partial charge < -0.3 is 0 Å². The minimum atomic E-state index is -3.29. The summed E-state index contributed by atoms with van der Waals surface area (Å²) >= 11 is 1.40. The lowest BCUT2D eigenvalue weighted by molar-refractivity contribution is 0.102. The van der Waals surface area contributed by atoms with Crippen molar-refractivity contribution in [1.82, 2.24) is 9.55 Å². The van der Waals surface area contributed by atoms with Gasteiger partial charge in [0, 0.05) is 24.5 Å². The first-order valence-corrected chi connectivity index (χ1v) is 12.8. The number of rotatable bonds is 7. The summed E-state index contributed by atoms with van der Waals surface area (Å²) < 4.78 is 28.0. The van der Waals surface area contributed by atoms with Gasteiger partial charge in [-0.15, -0.1) is 0 Å². The summed E-state index contributed by atoms with van der Waals surface area (Å²) in [5.74, 6) is 0.328. The van der Waals surface area contributed by atoms with Crippen LogP contribution in [0.25, 0.3) is 5.69 Å². The van der Waals surface area contributed by atoms with Gasteiger partial charge in [-0.1, -0.05) is 29.5 Å². The Labute approximate surface area is 187 Å². The zero-order valence-corrected chi connectivity index (χ0v) is 19.5. The number of Topliss-reactive ketones (excluding diaryl/α,β-unsaturated/α-hetero) is 1. The van der Waals surface area contributed by atoms with Gasteiger partial charge in [-0.05, 0) is 62.6 Å². The second-order valence-electron chi connectivity index (χ2n) is 7.65. The van der Waals surface area contributed by atoms with Crippen LogP contribution in [0, 0.1) is 13.8 Å². The van der Waals surface area contributed by atoms with Crippen molar-refractivity contribution in [3.05, 3.63) is 71.0 Å². The second-order valence-corrected chi connectivity index (χ2v) is 10.8. The molecule has 162 valence electrons. The van der Waals surface area contributed by atoms with Gasteiger partial charge >= 0.3 is 0 Å². The van der Waals surface area contributed by atoms with Crippen molar-refractivity contribution >= 4 is 33.3 Å². The van der Waals surface area contributed by atoms with Crippen molar-refractivity contribution < 1.29 is 13.2 Å². The Morgan fingerprint density at radius 1 is 1.13 bits per heavy atom. The molecule has 0 aliphatic carbocycles. The molecule has 0 N–H and O–H groups in total. The van der Waals surface area contributed by atoms with Gasteiger partial charge in [0.05, 0.1) is 22.9 Å². The van der Waals surface area contributed by atoms with Gasteiger partial charge in [-0.25, -0.2) is 13.4 Å². The van der Waals surface area contributed by atoms with Crippen LogP contribution < -0.4 is 4.31 Å². The number of imidazole rings is 1. The molecule has 2 heterocycles. The van der Waals surface area contributed by atoms with E-state index in [1.807, 2.05) is 16.8 Å². The minimum absolute atomic E-state index is 0.000207. The average molecular weight is 456 g/mol. The van der Waals surface area contributed by atoms with Crippen molar-refractivity contribution in [1.29, 1.82) is 0 Å². The molecule has 0 unspecified atom stereocenters. The molecule has 0 saturated heterocycles. The zero-order valence-electron chi connectivity index (χ0n) is 17.8. The zero-order chi connectivity index (χ0) is 22.2. The molecule has 0 bridgehead atoms. The Balaban J connectivity index is 1.49. The first-order chi connectivity index (χ1) is 14.8. The van der Waals surface area contributed by atoms with E-state index in [9.17, 15) is 13.2 Å². The third kappa shape index (κ3) is 4.27. The number of carbonyl (C=O) groups excluding carboxylic acids is 1. The molecule has 0 radical (unpaired) electrons. The fourth-order valence-electron chi connectivity index (χ4n) is 3.86. The van der Waals surface area contributed by atoms with Crippen LogP contribution in [-0.2, 0) is 16.4 Å². The predicted molar refractivity (Wildman–Crippen MR) is 125 cm³/mol.